The van der Waals surface area contributed by atoms with Crippen LogP contribution in [0.15, 0.2) is 28.6 Å². The van der Waals surface area contributed by atoms with Crippen LogP contribution in [0.4, 0.5) is 5.13 Å². The summed E-state index contributed by atoms with van der Waals surface area (Å²) in [5.74, 6) is -0.334. The van der Waals surface area contributed by atoms with Crippen molar-refractivity contribution in [2.45, 2.75) is 24.7 Å². The van der Waals surface area contributed by atoms with Gasteiger partial charge in [-0.25, -0.2) is 13.1 Å². The molecule has 2 aromatic heterocycles. The number of anilines is 1. The third-order valence-corrected chi connectivity index (χ3v) is 6.34. The summed E-state index contributed by atoms with van der Waals surface area (Å²) >= 11 is 0.803. The Morgan fingerprint density at radius 2 is 2.04 bits per heavy atom. The van der Waals surface area contributed by atoms with Crippen molar-refractivity contribution in [2.75, 3.05) is 5.32 Å². The average molecular weight is 379 g/mol. The summed E-state index contributed by atoms with van der Waals surface area (Å²) in [4.78, 5) is 11.0. The van der Waals surface area contributed by atoms with Crippen LogP contribution in [-0.2, 0) is 28.4 Å². The van der Waals surface area contributed by atoms with E-state index in [0.717, 1.165) is 33.5 Å². The molecular weight excluding hydrogens is 362 g/mol. The van der Waals surface area contributed by atoms with Crippen LogP contribution in [0.25, 0.3) is 10.9 Å². The smallest absolute Gasteiger partial charge is 0.270 e. The highest BCUT2D eigenvalue weighted by Gasteiger charge is 2.20. The summed E-state index contributed by atoms with van der Waals surface area (Å²) in [5.41, 5.74) is 3.06. The van der Waals surface area contributed by atoms with Gasteiger partial charge in [-0.2, -0.15) is 0 Å². The zero-order chi connectivity index (χ0) is 18.2. The lowest BCUT2D eigenvalue weighted by Gasteiger charge is -2.05. The molecule has 0 aliphatic carbocycles. The SMILES string of the molecule is CC(=O)Nc1nnc(S(=O)(=O)NCc2ccc3c(c2)cc(C)n3C)s1. The van der Waals surface area contributed by atoms with Gasteiger partial charge in [0.05, 0.1) is 0 Å². The second-order valence-electron chi connectivity index (χ2n) is 5.62. The predicted molar refractivity (Wildman–Crippen MR) is 95.9 cm³/mol. The Balaban J connectivity index is 1.75. The molecule has 0 bridgehead atoms. The molecular formula is C15H17N5O3S2. The van der Waals surface area contributed by atoms with Crippen molar-refractivity contribution in [3.63, 3.8) is 0 Å². The average Bonchev–Trinajstić information content (AvgIpc) is 3.11. The second-order valence-corrected chi connectivity index (χ2v) is 8.53. The maximum absolute atomic E-state index is 12.3. The van der Waals surface area contributed by atoms with E-state index in [4.69, 9.17) is 0 Å². The van der Waals surface area contributed by atoms with Crippen molar-refractivity contribution < 1.29 is 13.2 Å². The monoisotopic (exact) mass is 379 g/mol. The van der Waals surface area contributed by atoms with E-state index >= 15 is 0 Å². The van der Waals surface area contributed by atoms with Gasteiger partial charge in [0.2, 0.25) is 15.4 Å². The lowest BCUT2D eigenvalue weighted by molar-refractivity contribution is -0.114. The van der Waals surface area contributed by atoms with Gasteiger partial charge >= 0.3 is 0 Å². The highest BCUT2D eigenvalue weighted by Crippen LogP contribution is 2.22. The van der Waals surface area contributed by atoms with Crippen LogP contribution in [-0.4, -0.2) is 29.1 Å². The van der Waals surface area contributed by atoms with Crippen molar-refractivity contribution in [2.24, 2.45) is 7.05 Å². The molecule has 0 saturated heterocycles. The Bertz CT molecular complexity index is 1050. The first-order valence-electron chi connectivity index (χ1n) is 7.42. The molecule has 3 rings (SSSR count). The summed E-state index contributed by atoms with van der Waals surface area (Å²) in [6.45, 7) is 3.47. The Morgan fingerprint density at radius 3 is 2.76 bits per heavy atom. The fourth-order valence-corrected chi connectivity index (χ4v) is 4.41. The number of aromatic nitrogens is 3. The normalized spacial score (nSPS) is 11.8. The molecule has 8 nitrogen and oxygen atoms in total. The first-order chi connectivity index (χ1) is 11.8. The van der Waals surface area contributed by atoms with E-state index < -0.39 is 10.0 Å². The quantitative estimate of drug-likeness (QED) is 0.657. The number of carbonyl (C=O) groups is 1. The summed E-state index contributed by atoms with van der Waals surface area (Å²) in [6.07, 6.45) is 0. The van der Waals surface area contributed by atoms with Gasteiger partial charge in [-0.3, -0.25) is 4.79 Å². The standard InChI is InChI=1S/C15H17N5O3S2/c1-9-6-12-7-11(4-5-13(12)20(9)3)8-16-25(22,23)15-19-18-14(24-15)17-10(2)21/h4-7,16H,8H2,1-3H3,(H,17,18,21). The molecule has 0 saturated carbocycles. The van der Waals surface area contributed by atoms with Gasteiger partial charge in [0.15, 0.2) is 0 Å². The number of amides is 1. The lowest BCUT2D eigenvalue weighted by atomic mass is 10.1. The third-order valence-electron chi connectivity index (χ3n) is 3.73. The molecule has 0 unspecified atom stereocenters. The minimum absolute atomic E-state index is 0.140. The van der Waals surface area contributed by atoms with Crippen molar-refractivity contribution in [3.05, 3.63) is 35.5 Å². The Labute approximate surface area is 148 Å². The van der Waals surface area contributed by atoms with E-state index in [2.05, 4.69) is 30.9 Å². The van der Waals surface area contributed by atoms with E-state index in [1.807, 2.05) is 32.2 Å². The lowest BCUT2D eigenvalue weighted by Crippen LogP contribution is -2.23. The molecule has 25 heavy (non-hydrogen) atoms. The van der Waals surface area contributed by atoms with Crippen molar-refractivity contribution in [1.82, 2.24) is 19.5 Å². The largest absolute Gasteiger partial charge is 0.348 e. The van der Waals surface area contributed by atoms with E-state index in [9.17, 15) is 13.2 Å². The maximum atomic E-state index is 12.3. The van der Waals surface area contributed by atoms with Crippen LogP contribution >= 0.6 is 11.3 Å². The number of rotatable bonds is 5. The van der Waals surface area contributed by atoms with Gasteiger partial charge in [0, 0.05) is 37.1 Å². The highest BCUT2D eigenvalue weighted by atomic mass is 32.2. The molecule has 0 aliphatic rings. The van der Waals surface area contributed by atoms with E-state index in [1.165, 1.54) is 6.92 Å². The second kappa shape index (κ2) is 6.54. The number of nitrogens with zero attached hydrogens (tertiary/aromatic N) is 3. The van der Waals surface area contributed by atoms with E-state index in [0.29, 0.717) is 0 Å². The van der Waals surface area contributed by atoms with Crippen molar-refractivity contribution >= 4 is 43.3 Å². The van der Waals surface area contributed by atoms with Crippen molar-refractivity contribution in [1.29, 1.82) is 0 Å². The molecule has 2 heterocycles. The number of benzene rings is 1. The number of aryl methyl sites for hydroxylation is 2. The topological polar surface area (TPSA) is 106 Å². The first kappa shape index (κ1) is 17.5. The summed E-state index contributed by atoms with van der Waals surface area (Å²) < 4.78 is 29.0. The van der Waals surface area contributed by atoms with E-state index in [-0.39, 0.29) is 21.9 Å². The number of sulfonamides is 1. The number of fused-ring (bicyclic) bond motifs is 1. The molecule has 3 aromatic rings. The molecule has 0 radical (unpaired) electrons. The van der Waals surface area contributed by atoms with Crippen LogP contribution in [0.5, 0.6) is 0 Å². The van der Waals surface area contributed by atoms with Crippen LogP contribution in [0.2, 0.25) is 0 Å². The minimum Gasteiger partial charge on any atom is -0.348 e. The van der Waals surface area contributed by atoms with Gasteiger partial charge in [0.1, 0.15) is 0 Å². The van der Waals surface area contributed by atoms with Gasteiger partial charge in [-0.05, 0) is 30.7 Å². The summed E-state index contributed by atoms with van der Waals surface area (Å²) in [5, 5.41) is 10.9. The predicted octanol–water partition coefficient (Wildman–Crippen LogP) is 1.78. The van der Waals surface area contributed by atoms with Gasteiger partial charge in [-0.15, -0.1) is 10.2 Å². The molecule has 0 aliphatic heterocycles. The maximum Gasteiger partial charge on any atom is 0.270 e. The van der Waals surface area contributed by atoms with E-state index in [1.54, 1.807) is 0 Å². The number of hydrogen-bond donors (Lipinski definition) is 2. The van der Waals surface area contributed by atoms with Gasteiger partial charge < -0.3 is 9.88 Å². The van der Waals surface area contributed by atoms with Crippen molar-refractivity contribution in [3.8, 4) is 0 Å². The molecule has 10 heteroatoms. The molecule has 132 valence electrons. The molecule has 0 atom stereocenters. The molecule has 1 aromatic carbocycles. The van der Waals surface area contributed by atoms with Gasteiger partial charge in [-0.1, -0.05) is 17.4 Å². The zero-order valence-corrected chi connectivity index (χ0v) is 15.5. The fraction of sp³-hybridized carbons (Fsp3) is 0.267. The Kier molecular flexibility index (Phi) is 4.58. The summed E-state index contributed by atoms with van der Waals surface area (Å²) in [6, 6.07) is 7.85. The molecule has 0 fully saturated rings. The van der Waals surface area contributed by atoms with Crippen LogP contribution < -0.4 is 10.0 Å². The zero-order valence-electron chi connectivity index (χ0n) is 13.9. The number of nitrogens with one attached hydrogen (secondary N) is 2. The fourth-order valence-electron chi connectivity index (χ4n) is 2.41. The molecule has 1 amide bonds. The molecule has 0 spiro atoms. The Hall–Kier alpha value is -2.30. The Morgan fingerprint density at radius 1 is 1.28 bits per heavy atom. The number of carbonyl (C=O) groups excluding carboxylic acids is 1. The van der Waals surface area contributed by atoms with Crippen LogP contribution in [0.3, 0.4) is 0 Å². The highest BCUT2D eigenvalue weighted by molar-refractivity contribution is 7.91. The first-order valence-corrected chi connectivity index (χ1v) is 9.72. The third kappa shape index (κ3) is 3.70. The summed E-state index contributed by atoms with van der Waals surface area (Å²) in [7, 11) is -1.80. The van der Waals surface area contributed by atoms with Crippen LogP contribution in [0, 0.1) is 6.92 Å². The molecule has 2 N–H and O–H groups in total. The minimum atomic E-state index is -3.79. The number of hydrogen-bond acceptors (Lipinski definition) is 6. The van der Waals surface area contributed by atoms with Crippen LogP contribution in [0.1, 0.15) is 18.2 Å². The van der Waals surface area contributed by atoms with Gasteiger partial charge in [0.25, 0.3) is 10.0 Å².